The molecule has 2 unspecified atom stereocenters. The van der Waals surface area contributed by atoms with Crippen molar-refractivity contribution in [2.45, 2.75) is 45.0 Å². The zero-order valence-electron chi connectivity index (χ0n) is 12.1. The van der Waals surface area contributed by atoms with E-state index in [2.05, 4.69) is 0 Å². The summed E-state index contributed by atoms with van der Waals surface area (Å²) in [6.07, 6.45) is -0.344. The van der Waals surface area contributed by atoms with Gasteiger partial charge in [-0.25, -0.2) is 4.79 Å². The van der Waals surface area contributed by atoms with Gasteiger partial charge in [0, 0.05) is 0 Å². The number of alkyl halides is 1. The molecule has 6 heteroatoms. The number of esters is 1. The van der Waals surface area contributed by atoms with Gasteiger partial charge in [-0.05, 0) is 39.8 Å². The van der Waals surface area contributed by atoms with Gasteiger partial charge in [0.25, 0.3) is 0 Å². The van der Waals surface area contributed by atoms with Crippen molar-refractivity contribution in [2.24, 2.45) is 0 Å². The molecule has 1 aromatic carbocycles. The molecule has 2 atom stereocenters. The van der Waals surface area contributed by atoms with Gasteiger partial charge in [-0.1, -0.05) is 12.1 Å². The molecule has 0 heterocycles. The molecule has 0 bridgehead atoms. The summed E-state index contributed by atoms with van der Waals surface area (Å²) in [5.41, 5.74) is 0. The first-order chi connectivity index (χ1) is 9.32. The second kappa shape index (κ2) is 7.70. The highest BCUT2D eigenvalue weighted by atomic mass is 35.5. The van der Waals surface area contributed by atoms with E-state index < -0.39 is 18.9 Å². The largest absolute Gasteiger partial charge is 0.490 e. The van der Waals surface area contributed by atoms with E-state index in [1.54, 1.807) is 38.1 Å². The van der Waals surface area contributed by atoms with Crippen LogP contribution < -0.4 is 10.0 Å². The molecule has 0 saturated carbocycles. The number of hydrogen-bond acceptors (Lipinski definition) is 4. The Hall–Kier alpha value is -0.990. The van der Waals surface area contributed by atoms with Crippen molar-refractivity contribution in [3.8, 4) is 5.75 Å². The summed E-state index contributed by atoms with van der Waals surface area (Å²) in [6, 6.07) is 6.90. The summed E-state index contributed by atoms with van der Waals surface area (Å²) in [5, 5.41) is -0.716. The van der Waals surface area contributed by atoms with E-state index in [1.165, 1.54) is 0 Å². The summed E-state index contributed by atoms with van der Waals surface area (Å²) in [4.78, 5) is 11.7. The van der Waals surface area contributed by atoms with Crippen LogP contribution in [0, 0.1) is 0 Å². The van der Waals surface area contributed by atoms with Crippen molar-refractivity contribution in [3.63, 3.8) is 0 Å². The van der Waals surface area contributed by atoms with Gasteiger partial charge in [0.15, 0.2) is 5.12 Å². The first kappa shape index (κ1) is 17.1. The molecule has 4 nitrogen and oxygen atoms in total. The van der Waals surface area contributed by atoms with Gasteiger partial charge in [-0.3, -0.25) is 0 Å². The van der Waals surface area contributed by atoms with Gasteiger partial charge in [-0.2, -0.15) is 0 Å². The standard InChI is InChI=1S/C14H20ClO4P/c1-9(2)18-11-7-5-6-8-12(11)20(17)13(15)14(16)19-10(3)4/h5-10,13,20H,1-4H3. The highest BCUT2D eigenvalue weighted by Crippen LogP contribution is 2.35. The maximum atomic E-state index is 12.4. The van der Waals surface area contributed by atoms with Crippen molar-refractivity contribution in [3.05, 3.63) is 24.3 Å². The molecule has 0 fully saturated rings. The molecule has 0 saturated heterocycles. The molecule has 20 heavy (non-hydrogen) atoms. The Morgan fingerprint density at radius 1 is 1.15 bits per heavy atom. The number of carbonyl (C=O) groups excluding carboxylic acids is 1. The van der Waals surface area contributed by atoms with E-state index in [1.807, 2.05) is 13.8 Å². The van der Waals surface area contributed by atoms with Crippen LogP contribution in [0.5, 0.6) is 5.75 Å². The highest BCUT2D eigenvalue weighted by molar-refractivity contribution is 7.57. The van der Waals surface area contributed by atoms with E-state index in [-0.39, 0.29) is 12.2 Å². The number of benzene rings is 1. The number of rotatable bonds is 6. The minimum atomic E-state index is -2.55. The summed E-state index contributed by atoms with van der Waals surface area (Å²) in [6.45, 7) is 7.18. The smallest absolute Gasteiger partial charge is 0.332 e. The quantitative estimate of drug-likeness (QED) is 0.459. The first-order valence-corrected chi connectivity index (χ1v) is 8.39. The molecule has 0 aromatic heterocycles. The Labute approximate surface area is 125 Å². The van der Waals surface area contributed by atoms with Crippen LogP contribution in [0.1, 0.15) is 27.7 Å². The fraction of sp³-hybridized carbons (Fsp3) is 0.500. The van der Waals surface area contributed by atoms with Crippen LogP contribution in [0.25, 0.3) is 0 Å². The van der Waals surface area contributed by atoms with Crippen LogP contribution in [-0.4, -0.2) is 23.3 Å². The molecule has 0 spiro atoms. The van der Waals surface area contributed by atoms with Gasteiger partial charge >= 0.3 is 5.97 Å². The maximum absolute atomic E-state index is 12.4. The van der Waals surface area contributed by atoms with Crippen LogP contribution in [0.15, 0.2) is 24.3 Å². The molecule has 0 radical (unpaired) electrons. The van der Waals surface area contributed by atoms with Crippen LogP contribution >= 0.6 is 19.4 Å². The highest BCUT2D eigenvalue weighted by Gasteiger charge is 2.28. The normalized spacial score (nSPS) is 14.2. The third-order valence-electron chi connectivity index (χ3n) is 2.30. The zero-order valence-corrected chi connectivity index (χ0v) is 13.8. The third-order valence-corrected chi connectivity index (χ3v) is 4.72. The average Bonchev–Trinajstić information content (AvgIpc) is 2.36. The second-order valence-corrected chi connectivity index (χ2v) is 7.52. The number of carbonyl (C=O) groups is 1. The van der Waals surface area contributed by atoms with Crippen LogP contribution in [-0.2, 0) is 14.1 Å². The Morgan fingerprint density at radius 2 is 1.75 bits per heavy atom. The summed E-state index contributed by atoms with van der Waals surface area (Å²) >= 11 is 5.97. The van der Waals surface area contributed by atoms with Crippen LogP contribution in [0.4, 0.5) is 0 Å². The molecule has 0 aliphatic rings. The molecular formula is C14H20ClO4P. The third kappa shape index (κ3) is 4.84. The monoisotopic (exact) mass is 318 g/mol. The molecule has 0 N–H and O–H groups in total. The number of ether oxygens (including phenoxy) is 2. The van der Waals surface area contributed by atoms with Crippen molar-refractivity contribution in [1.29, 1.82) is 0 Å². The lowest BCUT2D eigenvalue weighted by Crippen LogP contribution is -2.22. The van der Waals surface area contributed by atoms with Crippen molar-refractivity contribution >= 4 is 30.7 Å². The summed E-state index contributed by atoms with van der Waals surface area (Å²) < 4.78 is 23.0. The van der Waals surface area contributed by atoms with E-state index in [4.69, 9.17) is 21.1 Å². The van der Waals surface area contributed by atoms with Gasteiger partial charge in [0.1, 0.15) is 13.6 Å². The predicted octanol–water partition coefficient (Wildman–Crippen LogP) is 3.18. The SMILES string of the molecule is CC(C)OC(=O)C(Cl)[PH](=O)c1ccccc1OC(C)C. The minimum absolute atomic E-state index is 0.0534. The molecule has 1 rings (SSSR count). The Bertz CT molecular complexity index is 488. The van der Waals surface area contributed by atoms with Crippen LogP contribution in [0.2, 0.25) is 0 Å². The number of halogens is 1. The Balaban J connectivity index is 2.94. The summed E-state index contributed by atoms with van der Waals surface area (Å²) in [5.74, 6) is -0.167. The zero-order chi connectivity index (χ0) is 15.3. The van der Waals surface area contributed by atoms with E-state index in [9.17, 15) is 9.36 Å². The van der Waals surface area contributed by atoms with Gasteiger partial charge < -0.3 is 14.0 Å². The fourth-order valence-corrected chi connectivity index (χ4v) is 3.17. The molecule has 0 aliphatic carbocycles. The average molecular weight is 319 g/mol. The van der Waals surface area contributed by atoms with E-state index in [0.717, 1.165) is 0 Å². The van der Waals surface area contributed by atoms with Crippen molar-refractivity contribution in [1.82, 2.24) is 0 Å². The minimum Gasteiger partial charge on any atom is -0.490 e. The van der Waals surface area contributed by atoms with Gasteiger partial charge in [-0.15, -0.1) is 11.6 Å². The number of para-hydroxylation sites is 1. The van der Waals surface area contributed by atoms with Crippen molar-refractivity contribution < 1.29 is 18.8 Å². The Morgan fingerprint density at radius 3 is 2.30 bits per heavy atom. The molecule has 0 aliphatic heterocycles. The topological polar surface area (TPSA) is 52.6 Å². The lowest BCUT2D eigenvalue weighted by Gasteiger charge is -2.16. The Kier molecular flexibility index (Phi) is 6.57. The lowest BCUT2D eigenvalue weighted by atomic mass is 10.3. The van der Waals surface area contributed by atoms with E-state index >= 15 is 0 Å². The molecule has 0 amide bonds. The van der Waals surface area contributed by atoms with E-state index in [0.29, 0.717) is 11.1 Å². The molecular weight excluding hydrogens is 299 g/mol. The molecule has 112 valence electrons. The summed E-state index contributed by atoms with van der Waals surface area (Å²) in [7, 11) is -2.55. The fourth-order valence-electron chi connectivity index (χ4n) is 1.56. The maximum Gasteiger partial charge on any atom is 0.332 e. The lowest BCUT2D eigenvalue weighted by molar-refractivity contribution is -0.145. The number of hydrogen-bond donors (Lipinski definition) is 0. The first-order valence-electron chi connectivity index (χ1n) is 6.47. The second-order valence-electron chi connectivity index (χ2n) is 4.88. The van der Waals surface area contributed by atoms with Crippen molar-refractivity contribution in [2.75, 3.05) is 0 Å². The van der Waals surface area contributed by atoms with Crippen LogP contribution in [0.3, 0.4) is 0 Å². The van der Waals surface area contributed by atoms with Gasteiger partial charge in [0.2, 0.25) is 0 Å². The predicted molar refractivity (Wildman–Crippen MR) is 81.7 cm³/mol. The van der Waals surface area contributed by atoms with Gasteiger partial charge in [0.05, 0.1) is 17.5 Å². The molecule has 1 aromatic rings.